The first-order chi connectivity index (χ1) is 18.5. The van der Waals surface area contributed by atoms with Gasteiger partial charge in [0, 0.05) is 37.5 Å². The van der Waals surface area contributed by atoms with Crippen LogP contribution >= 0.6 is 15.9 Å². The van der Waals surface area contributed by atoms with Crippen molar-refractivity contribution in [2.45, 2.75) is 45.7 Å². The van der Waals surface area contributed by atoms with Gasteiger partial charge in [0.1, 0.15) is 6.04 Å². The standard InChI is InChI=1S/C30H36BrN3O4S/c1-22-17-23(2)19-27(18-22)34(39(4,37)38)16-8-11-29(35)33(21-25-12-14-26(31)15-13-25)28(30(36)32-3)20-24-9-6-5-7-10-24/h5-7,9-10,12-15,17-19,28H,8,11,16,20-21H2,1-4H3,(H,32,36). The molecule has 0 aromatic heterocycles. The van der Waals surface area contributed by atoms with E-state index in [0.29, 0.717) is 18.5 Å². The molecule has 0 radical (unpaired) electrons. The number of anilines is 1. The normalized spacial score (nSPS) is 12.0. The van der Waals surface area contributed by atoms with Crippen molar-refractivity contribution in [1.29, 1.82) is 0 Å². The molecule has 1 atom stereocenters. The number of amides is 2. The summed E-state index contributed by atoms with van der Waals surface area (Å²) in [6, 6.07) is 22.2. The fraction of sp³-hybridized carbons (Fsp3) is 0.333. The number of aryl methyl sites for hydroxylation is 2. The predicted octanol–water partition coefficient (Wildman–Crippen LogP) is 5.00. The third kappa shape index (κ3) is 8.93. The lowest BCUT2D eigenvalue weighted by atomic mass is 10.0. The lowest BCUT2D eigenvalue weighted by Gasteiger charge is -2.31. The van der Waals surface area contributed by atoms with Crippen molar-refractivity contribution in [3.05, 3.63) is 99.5 Å². The monoisotopic (exact) mass is 613 g/mol. The van der Waals surface area contributed by atoms with Gasteiger partial charge in [-0.15, -0.1) is 0 Å². The summed E-state index contributed by atoms with van der Waals surface area (Å²) in [5.41, 5.74) is 4.34. The maximum absolute atomic E-state index is 13.7. The van der Waals surface area contributed by atoms with Gasteiger partial charge >= 0.3 is 0 Å². The minimum absolute atomic E-state index is 0.0929. The zero-order valence-electron chi connectivity index (χ0n) is 22.9. The van der Waals surface area contributed by atoms with Crippen LogP contribution < -0.4 is 9.62 Å². The van der Waals surface area contributed by atoms with Gasteiger partial charge in [-0.3, -0.25) is 13.9 Å². The number of rotatable bonds is 12. The highest BCUT2D eigenvalue weighted by atomic mass is 79.9. The molecule has 3 aromatic rings. The molecule has 0 aliphatic rings. The molecule has 1 unspecified atom stereocenters. The first-order valence-corrected chi connectivity index (χ1v) is 15.5. The van der Waals surface area contributed by atoms with Crippen LogP contribution in [0, 0.1) is 13.8 Å². The van der Waals surface area contributed by atoms with Gasteiger partial charge in [0.15, 0.2) is 0 Å². The van der Waals surface area contributed by atoms with Crippen molar-refractivity contribution < 1.29 is 18.0 Å². The summed E-state index contributed by atoms with van der Waals surface area (Å²) in [6.07, 6.45) is 1.94. The van der Waals surface area contributed by atoms with E-state index in [2.05, 4.69) is 21.2 Å². The van der Waals surface area contributed by atoms with Gasteiger partial charge in [0.05, 0.1) is 11.9 Å². The van der Waals surface area contributed by atoms with E-state index in [0.717, 1.165) is 26.7 Å². The average Bonchev–Trinajstić information content (AvgIpc) is 2.88. The highest BCUT2D eigenvalue weighted by Crippen LogP contribution is 2.23. The van der Waals surface area contributed by atoms with Gasteiger partial charge in [0.25, 0.3) is 0 Å². The molecule has 0 aliphatic carbocycles. The summed E-state index contributed by atoms with van der Waals surface area (Å²) in [5, 5.41) is 2.71. The van der Waals surface area contributed by atoms with E-state index in [9.17, 15) is 18.0 Å². The van der Waals surface area contributed by atoms with Crippen molar-refractivity contribution in [1.82, 2.24) is 10.2 Å². The Morgan fingerprint density at radius 2 is 1.54 bits per heavy atom. The van der Waals surface area contributed by atoms with Gasteiger partial charge in [-0.2, -0.15) is 0 Å². The summed E-state index contributed by atoms with van der Waals surface area (Å²) in [7, 11) is -1.99. The second-order valence-electron chi connectivity index (χ2n) is 9.75. The average molecular weight is 615 g/mol. The SMILES string of the molecule is CNC(=O)C(Cc1ccccc1)N(Cc1ccc(Br)cc1)C(=O)CCCN(c1cc(C)cc(C)c1)S(C)(=O)=O. The Balaban J connectivity index is 1.85. The second-order valence-corrected chi connectivity index (χ2v) is 12.6. The lowest BCUT2D eigenvalue weighted by Crippen LogP contribution is -2.49. The quantitative estimate of drug-likeness (QED) is 0.311. The molecule has 208 valence electrons. The molecule has 0 aliphatic heterocycles. The molecule has 3 aromatic carbocycles. The third-order valence-corrected chi connectivity index (χ3v) is 8.15. The van der Waals surface area contributed by atoms with Gasteiger partial charge < -0.3 is 10.2 Å². The molecule has 2 amide bonds. The summed E-state index contributed by atoms with van der Waals surface area (Å²) in [6.45, 7) is 4.26. The Morgan fingerprint density at radius 3 is 2.10 bits per heavy atom. The van der Waals surface area contributed by atoms with Crippen molar-refractivity contribution in [3.63, 3.8) is 0 Å². The number of nitrogens with zero attached hydrogens (tertiary/aromatic N) is 2. The summed E-state index contributed by atoms with van der Waals surface area (Å²) < 4.78 is 27.6. The molecular weight excluding hydrogens is 578 g/mol. The zero-order valence-corrected chi connectivity index (χ0v) is 25.3. The summed E-state index contributed by atoms with van der Waals surface area (Å²) in [5.74, 6) is -0.464. The molecule has 0 saturated carbocycles. The van der Waals surface area contributed by atoms with Crippen molar-refractivity contribution in [2.75, 3.05) is 24.2 Å². The molecule has 3 rings (SSSR count). The van der Waals surface area contributed by atoms with E-state index >= 15 is 0 Å². The Kier molecular flexibility index (Phi) is 10.7. The topological polar surface area (TPSA) is 86.8 Å². The summed E-state index contributed by atoms with van der Waals surface area (Å²) >= 11 is 3.44. The van der Waals surface area contributed by atoms with E-state index in [-0.39, 0.29) is 31.3 Å². The van der Waals surface area contributed by atoms with Crippen LogP contribution in [0.4, 0.5) is 5.69 Å². The number of sulfonamides is 1. The van der Waals surface area contributed by atoms with Gasteiger partial charge in [-0.05, 0) is 66.8 Å². The Bertz CT molecular complexity index is 1360. The van der Waals surface area contributed by atoms with Crippen LogP contribution in [0.2, 0.25) is 0 Å². The summed E-state index contributed by atoms with van der Waals surface area (Å²) in [4.78, 5) is 28.4. The van der Waals surface area contributed by atoms with Gasteiger partial charge in [-0.25, -0.2) is 8.42 Å². The van der Waals surface area contributed by atoms with Crippen LogP contribution in [0.25, 0.3) is 0 Å². The highest BCUT2D eigenvalue weighted by molar-refractivity contribution is 9.10. The van der Waals surface area contributed by atoms with Crippen LogP contribution in [0.15, 0.2) is 77.3 Å². The van der Waals surface area contributed by atoms with Crippen molar-refractivity contribution >= 4 is 43.5 Å². The Morgan fingerprint density at radius 1 is 0.923 bits per heavy atom. The van der Waals surface area contributed by atoms with E-state index in [1.165, 1.54) is 10.6 Å². The van der Waals surface area contributed by atoms with Crippen LogP contribution in [0.5, 0.6) is 0 Å². The fourth-order valence-corrected chi connectivity index (χ4v) is 5.82. The predicted molar refractivity (Wildman–Crippen MR) is 160 cm³/mol. The molecule has 0 heterocycles. The minimum atomic E-state index is -3.56. The Hall–Kier alpha value is -3.17. The molecule has 0 saturated heterocycles. The number of halogens is 1. The number of benzene rings is 3. The molecule has 0 spiro atoms. The molecule has 0 bridgehead atoms. The highest BCUT2D eigenvalue weighted by Gasteiger charge is 2.30. The molecule has 0 fully saturated rings. The maximum atomic E-state index is 13.7. The van der Waals surface area contributed by atoms with Crippen LogP contribution in [0.3, 0.4) is 0 Å². The molecule has 39 heavy (non-hydrogen) atoms. The smallest absolute Gasteiger partial charge is 0.242 e. The van der Waals surface area contributed by atoms with Crippen LogP contribution in [-0.4, -0.2) is 51.0 Å². The number of nitrogens with one attached hydrogen (secondary N) is 1. The molecular formula is C30H36BrN3O4S. The maximum Gasteiger partial charge on any atom is 0.242 e. The largest absolute Gasteiger partial charge is 0.357 e. The van der Waals surface area contributed by atoms with Gasteiger partial charge in [0.2, 0.25) is 21.8 Å². The van der Waals surface area contributed by atoms with E-state index in [1.807, 2.05) is 86.6 Å². The first-order valence-electron chi connectivity index (χ1n) is 12.8. The molecule has 7 nitrogen and oxygen atoms in total. The zero-order chi connectivity index (χ0) is 28.6. The minimum Gasteiger partial charge on any atom is -0.357 e. The van der Waals surface area contributed by atoms with Crippen molar-refractivity contribution in [3.8, 4) is 0 Å². The van der Waals surface area contributed by atoms with E-state index < -0.39 is 16.1 Å². The second kappa shape index (κ2) is 13.8. The van der Waals surface area contributed by atoms with Gasteiger partial charge in [-0.1, -0.05) is 64.5 Å². The fourth-order valence-electron chi connectivity index (χ4n) is 4.61. The number of hydrogen-bond acceptors (Lipinski definition) is 4. The van der Waals surface area contributed by atoms with Crippen molar-refractivity contribution in [2.24, 2.45) is 0 Å². The van der Waals surface area contributed by atoms with E-state index in [4.69, 9.17) is 0 Å². The molecule has 9 heteroatoms. The van der Waals surface area contributed by atoms with Crippen LogP contribution in [-0.2, 0) is 32.6 Å². The molecule has 1 N–H and O–H groups in total. The third-order valence-electron chi connectivity index (χ3n) is 6.43. The number of likely N-dealkylation sites (N-methyl/N-ethyl adjacent to an activating group) is 1. The van der Waals surface area contributed by atoms with E-state index in [1.54, 1.807) is 11.9 Å². The number of carbonyl (C=O) groups excluding carboxylic acids is 2. The Labute approximate surface area is 240 Å². The first kappa shape index (κ1) is 30.4. The number of hydrogen-bond donors (Lipinski definition) is 1. The number of carbonyl (C=O) groups is 2. The van der Waals surface area contributed by atoms with Crippen LogP contribution in [0.1, 0.15) is 35.1 Å². The lowest BCUT2D eigenvalue weighted by molar-refractivity contribution is -0.141.